The minimum absolute atomic E-state index is 0.366. The van der Waals surface area contributed by atoms with Crippen LogP contribution in [0.25, 0.3) is 0 Å². The van der Waals surface area contributed by atoms with E-state index in [1.165, 1.54) is 25.7 Å². The number of halogens is 1. The average Bonchev–Trinajstić information content (AvgIpc) is 2.81. The standard InChI is InChI=1S/C13H20BrN3/c1-9-6-11(14)8-16-13(9)17-12(7-15)10-4-2-3-5-10/h6,8,10,12H,2-5,7,15H2,1H3,(H,16,17). The maximum absolute atomic E-state index is 5.88. The Labute approximate surface area is 111 Å². The van der Waals surface area contributed by atoms with Gasteiger partial charge in [-0.05, 0) is 53.2 Å². The van der Waals surface area contributed by atoms with Gasteiger partial charge in [-0.1, -0.05) is 12.8 Å². The number of nitrogens with one attached hydrogen (secondary N) is 1. The van der Waals surface area contributed by atoms with Crippen LogP contribution >= 0.6 is 15.9 Å². The van der Waals surface area contributed by atoms with Gasteiger partial charge < -0.3 is 11.1 Å². The molecular weight excluding hydrogens is 278 g/mol. The lowest BCUT2D eigenvalue weighted by atomic mass is 9.98. The Morgan fingerprint density at radius 3 is 2.82 bits per heavy atom. The number of hydrogen-bond donors (Lipinski definition) is 2. The van der Waals surface area contributed by atoms with Crippen LogP contribution in [0.4, 0.5) is 5.82 Å². The van der Waals surface area contributed by atoms with Crippen molar-refractivity contribution in [1.29, 1.82) is 0 Å². The predicted octanol–water partition coefficient (Wildman–Crippen LogP) is 3.08. The van der Waals surface area contributed by atoms with E-state index >= 15 is 0 Å². The van der Waals surface area contributed by atoms with E-state index in [1.54, 1.807) is 0 Å². The van der Waals surface area contributed by atoms with Crippen LogP contribution in [0.5, 0.6) is 0 Å². The maximum atomic E-state index is 5.88. The molecule has 0 spiro atoms. The Hall–Kier alpha value is -0.610. The van der Waals surface area contributed by atoms with E-state index in [9.17, 15) is 0 Å². The molecule has 1 heterocycles. The first kappa shape index (κ1) is 12.8. The van der Waals surface area contributed by atoms with Gasteiger partial charge in [0.15, 0.2) is 0 Å². The number of rotatable bonds is 4. The molecule has 4 heteroatoms. The molecule has 94 valence electrons. The lowest BCUT2D eigenvalue weighted by Crippen LogP contribution is -2.35. The smallest absolute Gasteiger partial charge is 0.129 e. The zero-order valence-corrected chi connectivity index (χ0v) is 11.8. The fraction of sp³-hybridized carbons (Fsp3) is 0.615. The first-order chi connectivity index (χ1) is 8.20. The number of anilines is 1. The number of hydrogen-bond acceptors (Lipinski definition) is 3. The molecule has 1 unspecified atom stereocenters. The maximum Gasteiger partial charge on any atom is 0.129 e. The van der Waals surface area contributed by atoms with Crippen LogP contribution in [0.2, 0.25) is 0 Å². The highest BCUT2D eigenvalue weighted by Gasteiger charge is 2.24. The molecule has 1 atom stereocenters. The molecular formula is C13H20BrN3. The fourth-order valence-corrected chi connectivity index (χ4v) is 3.04. The number of aromatic nitrogens is 1. The van der Waals surface area contributed by atoms with Crippen LogP contribution < -0.4 is 11.1 Å². The molecule has 1 aromatic rings. The topological polar surface area (TPSA) is 50.9 Å². The lowest BCUT2D eigenvalue weighted by Gasteiger charge is -2.24. The Bertz CT molecular complexity index is 375. The van der Waals surface area contributed by atoms with Crippen molar-refractivity contribution in [2.75, 3.05) is 11.9 Å². The molecule has 1 fully saturated rings. The van der Waals surface area contributed by atoms with Crippen molar-refractivity contribution in [1.82, 2.24) is 4.98 Å². The molecule has 1 saturated carbocycles. The summed E-state index contributed by atoms with van der Waals surface area (Å²) in [5.41, 5.74) is 7.04. The molecule has 1 aromatic heterocycles. The van der Waals surface area contributed by atoms with Gasteiger partial charge in [0.25, 0.3) is 0 Å². The van der Waals surface area contributed by atoms with Gasteiger partial charge in [0.05, 0.1) is 0 Å². The SMILES string of the molecule is Cc1cc(Br)cnc1NC(CN)C1CCCC1. The summed E-state index contributed by atoms with van der Waals surface area (Å²) >= 11 is 3.43. The number of aryl methyl sites for hydroxylation is 1. The summed E-state index contributed by atoms with van der Waals surface area (Å²) in [7, 11) is 0. The van der Waals surface area contributed by atoms with Gasteiger partial charge in [-0.25, -0.2) is 4.98 Å². The molecule has 0 aliphatic heterocycles. The van der Waals surface area contributed by atoms with E-state index in [1.807, 2.05) is 6.20 Å². The number of pyridine rings is 1. The zero-order chi connectivity index (χ0) is 12.3. The summed E-state index contributed by atoms with van der Waals surface area (Å²) in [6.45, 7) is 2.75. The van der Waals surface area contributed by atoms with E-state index in [-0.39, 0.29) is 0 Å². The minimum atomic E-state index is 0.366. The van der Waals surface area contributed by atoms with E-state index in [2.05, 4.69) is 39.2 Å². The summed E-state index contributed by atoms with van der Waals surface area (Å²) in [6, 6.07) is 2.45. The molecule has 0 bridgehead atoms. The average molecular weight is 298 g/mol. The van der Waals surface area contributed by atoms with Crippen LogP contribution in [0.3, 0.4) is 0 Å². The minimum Gasteiger partial charge on any atom is -0.366 e. The Balaban J connectivity index is 2.06. The van der Waals surface area contributed by atoms with Gasteiger partial charge in [0.2, 0.25) is 0 Å². The second-order valence-corrected chi connectivity index (χ2v) is 5.77. The van der Waals surface area contributed by atoms with Crippen LogP contribution in [0.1, 0.15) is 31.2 Å². The summed E-state index contributed by atoms with van der Waals surface area (Å²) in [5, 5.41) is 3.51. The van der Waals surface area contributed by atoms with Crippen molar-refractivity contribution in [3.8, 4) is 0 Å². The Morgan fingerprint density at radius 1 is 1.53 bits per heavy atom. The monoisotopic (exact) mass is 297 g/mol. The van der Waals surface area contributed by atoms with Crippen molar-refractivity contribution >= 4 is 21.7 Å². The molecule has 1 aliphatic rings. The molecule has 0 aromatic carbocycles. The highest BCUT2D eigenvalue weighted by Crippen LogP contribution is 2.29. The quantitative estimate of drug-likeness (QED) is 0.898. The summed E-state index contributed by atoms with van der Waals surface area (Å²) in [6.07, 6.45) is 7.11. The Kier molecular flexibility index (Phi) is 4.40. The molecule has 0 amide bonds. The van der Waals surface area contributed by atoms with Gasteiger partial charge in [0, 0.05) is 23.3 Å². The molecule has 17 heavy (non-hydrogen) atoms. The summed E-state index contributed by atoms with van der Waals surface area (Å²) < 4.78 is 1.02. The fourth-order valence-electron chi connectivity index (χ4n) is 2.60. The van der Waals surface area contributed by atoms with E-state index < -0.39 is 0 Å². The first-order valence-electron chi connectivity index (χ1n) is 6.29. The number of nitrogens with zero attached hydrogens (tertiary/aromatic N) is 1. The van der Waals surface area contributed by atoms with Crippen LogP contribution in [-0.4, -0.2) is 17.6 Å². The molecule has 0 radical (unpaired) electrons. The summed E-state index contributed by atoms with van der Waals surface area (Å²) in [5.74, 6) is 1.68. The Morgan fingerprint density at radius 2 is 2.24 bits per heavy atom. The number of nitrogens with two attached hydrogens (primary N) is 1. The van der Waals surface area contributed by atoms with Gasteiger partial charge >= 0.3 is 0 Å². The normalized spacial score (nSPS) is 18.3. The zero-order valence-electron chi connectivity index (χ0n) is 10.2. The predicted molar refractivity (Wildman–Crippen MR) is 75.1 cm³/mol. The largest absolute Gasteiger partial charge is 0.366 e. The van der Waals surface area contributed by atoms with Crippen molar-refractivity contribution in [2.45, 2.75) is 38.6 Å². The van der Waals surface area contributed by atoms with Crippen LogP contribution in [-0.2, 0) is 0 Å². The van der Waals surface area contributed by atoms with Gasteiger partial charge in [-0.2, -0.15) is 0 Å². The van der Waals surface area contributed by atoms with Gasteiger partial charge in [0.1, 0.15) is 5.82 Å². The van der Waals surface area contributed by atoms with E-state index in [0.717, 1.165) is 15.9 Å². The second kappa shape index (κ2) is 5.83. The second-order valence-electron chi connectivity index (χ2n) is 4.85. The third kappa shape index (κ3) is 3.19. The first-order valence-corrected chi connectivity index (χ1v) is 7.08. The lowest BCUT2D eigenvalue weighted by molar-refractivity contribution is 0.461. The highest BCUT2D eigenvalue weighted by atomic mass is 79.9. The highest BCUT2D eigenvalue weighted by molar-refractivity contribution is 9.10. The van der Waals surface area contributed by atoms with E-state index in [0.29, 0.717) is 18.5 Å². The van der Waals surface area contributed by atoms with Crippen LogP contribution in [0.15, 0.2) is 16.7 Å². The molecule has 0 saturated heterocycles. The van der Waals surface area contributed by atoms with Crippen LogP contribution in [0, 0.1) is 12.8 Å². The third-order valence-corrected chi connectivity index (χ3v) is 4.02. The molecule has 1 aliphatic carbocycles. The molecule has 2 rings (SSSR count). The van der Waals surface area contributed by atoms with Crippen molar-refractivity contribution in [3.63, 3.8) is 0 Å². The van der Waals surface area contributed by atoms with Crippen molar-refractivity contribution in [2.24, 2.45) is 11.7 Å². The molecule has 3 nitrogen and oxygen atoms in total. The van der Waals surface area contributed by atoms with E-state index in [4.69, 9.17) is 5.73 Å². The van der Waals surface area contributed by atoms with Crippen molar-refractivity contribution < 1.29 is 0 Å². The van der Waals surface area contributed by atoms with Gasteiger partial charge in [-0.15, -0.1) is 0 Å². The summed E-state index contributed by atoms with van der Waals surface area (Å²) in [4.78, 5) is 4.42. The third-order valence-electron chi connectivity index (χ3n) is 3.59. The van der Waals surface area contributed by atoms with Gasteiger partial charge in [-0.3, -0.25) is 0 Å². The van der Waals surface area contributed by atoms with Crippen molar-refractivity contribution in [3.05, 3.63) is 22.3 Å². The molecule has 3 N–H and O–H groups in total.